The van der Waals surface area contributed by atoms with Gasteiger partial charge in [-0.25, -0.2) is 26.3 Å². The summed E-state index contributed by atoms with van der Waals surface area (Å²) in [5, 5.41) is 0. The average Bonchev–Trinajstić information content (AvgIpc) is 2.30. The zero-order chi connectivity index (χ0) is 14.3. The Kier molecular flexibility index (Phi) is 3.13. The molecule has 0 spiro atoms. The van der Waals surface area contributed by atoms with Gasteiger partial charge in [0, 0.05) is 11.8 Å². The summed E-state index contributed by atoms with van der Waals surface area (Å²) < 4.78 is 79.9. The fraction of sp³-hybridized carbons (Fsp3) is 0. The molecule has 0 heterocycles. The smallest absolute Gasteiger partial charge is 0.170 e. The molecule has 0 atom stereocenters. The van der Waals surface area contributed by atoms with E-state index in [1.54, 1.807) is 0 Å². The summed E-state index contributed by atoms with van der Waals surface area (Å²) in [5.41, 5.74) is 2.12. The van der Waals surface area contributed by atoms with Crippen LogP contribution in [0.5, 0.6) is 0 Å². The summed E-state index contributed by atoms with van der Waals surface area (Å²) in [6, 6.07) is 1.11. The predicted molar refractivity (Wildman–Crippen MR) is 56.0 cm³/mol. The van der Waals surface area contributed by atoms with Crippen molar-refractivity contribution in [3.8, 4) is 11.1 Å². The summed E-state index contributed by atoms with van der Waals surface area (Å²) >= 11 is 0. The molecule has 100 valence electrons. The van der Waals surface area contributed by atoms with Gasteiger partial charge < -0.3 is 5.73 Å². The molecule has 0 amide bonds. The quantitative estimate of drug-likeness (QED) is 0.479. The second kappa shape index (κ2) is 4.49. The minimum Gasteiger partial charge on any atom is -0.399 e. The number of nitrogen functional groups attached to an aromatic ring is 1. The molecule has 0 aliphatic rings. The monoisotopic (exact) mass is 277 g/mol. The summed E-state index contributed by atoms with van der Waals surface area (Å²) in [5.74, 6) is -10.2. The summed E-state index contributed by atoms with van der Waals surface area (Å²) in [4.78, 5) is 0. The fourth-order valence-corrected chi connectivity index (χ4v) is 1.62. The first kappa shape index (κ1) is 13.3. The van der Waals surface area contributed by atoms with E-state index in [1.807, 2.05) is 0 Å². The van der Waals surface area contributed by atoms with Crippen molar-refractivity contribution in [1.29, 1.82) is 0 Å². The molecule has 7 heteroatoms. The van der Waals surface area contributed by atoms with E-state index in [9.17, 15) is 26.3 Å². The number of benzene rings is 2. The molecule has 0 bridgehead atoms. The Morgan fingerprint density at radius 2 is 1.00 bits per heavy atom. The van der Waals surface area contributed by atoms with Gasteiger partial charge in [0.05, 0.1) is 11.1 Å². The number of halogens is 6. The molecule has 2 N–H and O–H groups in total. The normalized spacial score (nSPS) is 10.8. The molecule has 0 aromatic heterocycles. The number of hydrogen-bond acceptors (Lipinski definition) is 1. The summed E-state index contributed by atoms with van der Waals surface area (Å²) in [6.07, 6.45) is 0. The first-order valence-electron chi connectivity index (χ1n) is 4.90. The van der Waals surface area contributed by atoms with Gasteiger partial charge in [-0.15, -0.1) is 0 Å². The molecule has 19 heavy (non-hydrogen) atoms. The van der Waals surface area contributed by atoms with Crippen LogP contribution in [0.4, 0.5) is 32.0 Å². The minimum atomic E-state index is -1.89. The first-order chi connectivity index (χ1) is 8.82. The maximum atomic E-state index is 13.5. The van der Waals surface area contributed by atoms with E-state index >= 15 is 0 Å². The number of rotatable bonds is 1. The lowest BCUT2D eigenvalue weighted by molar-refractivity contribution is 0.455. The molecule has 0 saturated heterocycles. The van der Waals surface area contributed by atoms with Crippen LogP contribution >= 0.6 is 0 Å². The number of nitrogens with two attached hydrogens (primary N) is 1. The van der Waals surface area contributed by atoms with Gasteiger partial charge in [-0.3, -0.25) is 0 Å². The van der Waals surface area contributed by atoms with E-state index in [-0.39, 0.29) is 11.8 Å². The molecular formula is C12H5F6N. The van der Waals surface area contributed by atoms with E-state index in [0.717, 1.165) is 0 Å². The van der Waals surface area contributed by atoms with Crippen molar-refractivity contribution in [1.82, 2.24) is 0 Å². The number of anilines is 1. The third kappa shape index (κ3) is 2.11. The maximum Gasteiger partial charge on any atom is 0.170 e. The lowest BCUT2D eigenvalue weighted by atomic mass is 10.0. The van der Waals surface area contributed by atoms with Crippen LogP contribution in [0.25, 0.3) is 11.1 Å². The van der Waals surface area contributed by atoms with Crippen molar-refractivity contribution in [2.45, 2.75) is 0 Å². The van der Waals surface area contributed by atoms with Crippen molar-refractivity contribution in [2.75, 3.05) is 5.73 Å². The highest BCUT2D eigenvalue weighted by atomic mass is 19.2. The molecule has 0 aliphatic carbocycles. The predicted octanol–water partition coefficient (Wildman–Crippen LogP) is 3.77. The van der Waals surface area contributed by atoms with Crippen LogP contribution in [-0.2, 0) is 0 Å². The maximum absolute atomic E-state index is 13.5. The minimum absolute atomic E-state index is 0.0543. The average molecular weight is 277 g/mol. The van der Waals surface area contributed by atoms with Crippen LogP contribution < -0.4 is 5.73 Å². The second-order valence-electron chi connectivity index (χ2n) is 3.70. The Labute approximate surface area is 103 Å². The molecule has 0 saturated carbocycles. The first-order valence-corrected chi connectivity index (χ1v) is 4.90. The van der Waals surface area contributed by atoms with Crippen molar-refractivity contribution in [3.63, 3.8) is 0 Å². The molecular weight excluding hydrogens is 272 g/mol. The molecule has 0 unspecified atom stereocenters. The lowest BCUT2D eigenvalue weighted by Crippen LogP contribution is -2.03. The van der Waals surface area contributed by atoms with Crippen LogP contribution in [0.2, 0.25) is 0 Å². The Bertz CT molecular complexity index is 618. The lowest BCUT2D eigenvalue weighted by Gasteiger charge is -2.10. The Morgan fingerprint density at radius 3 is 1.42 bits per heavy atom. The van der Waals surface area contributed by atoms with Gasteiger partial charge in [0.2, 0.25) is 0 Å². The van der Waals surface area contributed by atoms with E-state index < -0.39 is 46.0 Å². The Hall–Kier alpha value is -2.18. The van der Waals surface area contributed by atoms with Gasteiger partial charge in [-0.1, -0.05) is 0 Å². The van der Waals surface area contributed by atoms with Gasteiger partial charge in [-0.2, -0.15) is 0 Å². The van der Waals surface area contributed by atoms with E-state index in [1.165, 1.54) is 0 Å². The zero-order valence-corrected chi connectivity index (χ0v) is 9.08. The van der Waals surface area contributed by atoms with Gasteiger partial charge in [0.1, 0.15) is 11.6 Å². The van der Waals surface area contributed by atoms with Crippen LogP contribution in [-0.4, -0.2) is 0 Å². The van der Waals surface area contributed by atoms with Gasteiger partial charge in [-0.05, 0) is 12.1 Å². The Morgan fingerprint density at radius 1 is 0.579 bits per heavy atom. The van der Waals surface area contributed by atoms with Gasteiger partial charge in [0.25, 0.3) is 0 Å². The zero-order valence-electron chi connectivity index (χ0n) is 9.08. The molecule has 0 aliphatic heterocycles. The van der Waals surface area contributed by atoms with E-state index in [0.29, 0.717) is 12.1 Å². The highest BCUT2D eigenvalue weighted by Crippen LogP contribution is 2.34. The van der Waals surface area contributed by atoms with Crippen LogP contribution in [0.15, 0.2) is 18.2 Å². The van der Waals surface area contributed by atoms with Crippen molar-refractivity contribution in [2.24, 2.45) is 0 Å². The van der Waals surface area contributed by atoms with E-state index in [2.05, 4.69) is 0 Å². The van der Waals surface area contributed by atoms with E-state index in [4.69, 9.17) is 5.73 Å². The van der Waals surface area contributed by atoms with Crippen LogP contribution in [0.1, 0.15) is 0 Å². The Balaban J connectivity index is 2.87. The van der Waals surface area contributed by atoms with Gasteiger partial charge in [0.15, 0.2) is 23.3 Å². The second-order valence-corrected chi connectivity index (χ2v) is 3.70. The van der Waals surface area contributed by atoms with Crippen molar-refractivity contribution < 1.29 is 26.3 Å². The largest absolute Gasteiger partial charge is 0.399 e. The highest BCUT2D eigenvalue weighted by Gasteiger charge is 2.25. The van der Waals surface area contributed by atoms with Gasteiger partial charge >= 0.3 is 0 Å². The topological polar surface area (TPSA) is 26.0 Å². The molecule has 0 fully saturated rings. The van der Waals surface area contributed by atoms with Crippen molar-refractivity contribution >= 4 is 5.69 Å². The molecule has 2 aromatic rings. The van der Waals surface area contributed by atoms with Crippen LogP contribution in [0, 0.1) is 34.9 Å². The molecule has 2 aromatic carbocycles. The molecule has 2 rings (SSSR count). The summed E-state index contributed by atoms with van der Waals surface area (Å²) in [6.45, 7) is 0. The highest BCUT2D eigenvalue weighted by molar-refractivity contribution is 5.68. The van der Waals surface area contributed by atoms with Crippen molar-refractivity contribution in [3.05, 3.63) is 53.1 Å². The molecule has 1 nitrogen and oxygen atoms in total. The third-order valence-electron chi connectivity index (χ3n) is 2.43. The molecule has 0 radical (unpaired) electrons. The standard InChI is InChI=1S/C12H5F6N/c13-5-1-4(19)2-6(14)9(5)10-11(17)7(15)3-8(16)12(10)18/h1-3H,19H2. The SMILES string of the molecule is Nc1cc(F)c(-c2c(F)c(F)cc(F)c2F)c(F)c1. The fourth-order valence-electron chi connectivity index (χ4n) is 1.62. The van der Waals surface area contributed by atoms with Crippen LogP contribution in [0.3, 0.4) is 0 Å². The third-order valence-corrected chi connectivity index (χ3v) is 2.43. The number of hydrogen-bond donors (Lipinski definition) is 1. The summed E-state index contributed by atoms with van der Waals surface area (Å²) in [7, 11) is 0.